The zero-order chi connectivity index (χ0) is 19.2. The molecular formula is C18H22BrFIN3O2S. The molecule has 2 aromatic carbocycles. The van der Waals surface area contributed by atoms with Gasteiger partial charge in [0.25, 0.3) is 0 Å². The molecular weight excluding hydrogens is 548 g/mol. The van der Waals surface area contributed by atoms with Crippen molar-refractivity contribution in [2.75, 3.05) is 19.8 Å². The van der Waals surface area contributed by atoms with Gasteiger partial charge in [0.2, 0.25) is 0 Å². The maximum Gasteiger partial charge on any atom is 0.191 e. The molecule has 0 fully saturated rings. The number of rotatable bonds is 6. The van der Waals surface area contributed by atoms with Crippen LogP contribution in [0.2, 0.25) is 0 Å². The fourth-order valence-corrected chi connectivity index (χ4v) is 3.35. The first-order valence-corrected chi connectivity index (χ1v) is 10.7. The van der Waals surface area contributed by atoms with Crippen molar-refractivity contribution in [2.45, 2.75) is 17.9 Å². The lowest BCUT2D eigenvalue weighted by atomic mass is 10.1. The van der Waals surface area contributed by atoms with Crippen LogP contribution in [0.1, 0.15) is 11.1 Å². The van der Waals surface area contributed by atoms with E-state index in [1.165, 1.54) is 12.3 Å². The van der Waals surface area contributed by atoms with Crippen LogP contribution in [-0.2, 0) is 22.8 Å². The Hall–Kier alpha value is -1.20. The van der Waals surface area contributed by atoms with Crippen LogP contribution < -0.4 is 10.6 Å². The lowest BCUT2D eigenvalue weighted by molar-refractivity contribution is 0.601. The maximum atomic E-state index is 13.7. The molecule has 0 radical (unpaired) electrons. The van der Waals surface area contributed by atoms with Gasteiger partial charge in [-0.05, 0) is 42.3 Å². The predicted octanol–water partition coefficient (Wildman–Crippen LogP) is 3.52. The number of hydrogen-bond donors (Lipinski definition) is 2. The molecule has 0 aliphatic carbocycles. The second kappa shape index (κ2) is 11.0. The van der Waals surface area contributed by atoms with Gasteiger partial charge in [-0.2, -0.15) is 0 Å². The van der Waals surface area contributed by atoms with E-state index in [1.54, 1.807) is 43.4 Å². The van der Waals surface area contributed by atoms with Crippen LogP contribution in [0.5, 0.6) is 0 Å². The highest BCUT2D eigenvalue weighted by atomic mass is 127. The molecule has 2 aromatic rings. The minimum atomic E-state index is -3.18. The van der Waals surface area contributed by atoms with Gasteiger partial charge in [0.05, 0.1) is 4.90 Å². The molecule has 0 aliphatic heterocycles. The molecule has 0 spiro atoms. The second-order valence-corrected chi connectivity index (χ2v) is 8.69. The van der Waals surface area contributed by atoms with Crippen LogP contribution in [0.3, 0.4) is 0 Å². The molecule has 0 aromatic heterocycles. The van der Waals surface area contributed by atoms with Gasteiger partial charge in [0.1, 0.15) is 5.82 Å². The summed E-state index contributed by atoms with van der Waals surface area (Å²) in [6.07, 6.45) is 1.89. The van der Waals surface area contributed by atoms with Crippen molar-refractivity contribution >= 4 is 55.7 Å². The SMILES string of the molecule is CN=C(NCCc1ccc(S(C)(=O)=O)cc1)NCc1cc(Br)ccc1F.I. The summed E-state index contributed by atoms with van der Waals surface area (Å²) in [5.74, 6) is 0.291. The third-order valence-electron chi connectivity index (χ3n) is 3.74. The average molecular weight is 570 g/mol. The van der Waals surface area contributed by atoms with Gasteiger partial charge in [-0.25, -0.2) is 12.8 Å². The van der Waals surface area contributed by atoms with Crippen LogP contribution in [0.4, 0.5) is 4.39 Å². The van der Waals surface area contributed by atoms with Crippen molar-refractivity contribution in [3.63, 3.8) is 0 Å². The highest BCUT2D eigenvalue weighted by Crippen LogP contribution is 2.15. The van der Waals surface area contributed by atoms with E-state index >= 15 is 0 Å². The normalized spacial score (nSPS) is 11.6. The van der Waals surface area contributed by atoms with Gasteiger partial charge in [-0.1, -0.05) is 28.1 Å². The molecule has 0 aliphatic rings. The van der Waals surface area contributed by atoms with E-state index < -0.39 is 9.84 Å². The van der Waals surface area contributed by atoms with Crippen molar-refractivity contribution in [1.82, 2.24) is 10.6 Å². The van der Waals surface area contributed by atoms with E-state index in [1.807, 2.05) is 0 Å². The number of sulfone groups is 1. The number of aliphatic imine (C=N–C) groups is 1. The van der Waals surface area contributed by atoms with Crippen molar-refractivity contribution in [3.05, 3.63) is 63.9 Å². The zero-order valence-electron chi connectivity index (χ0n) is 15.0. The minimum Gasteiger partial charge on any atom is -0.356 e. The van der Waals surface area contributed by atoms with Crippen LogP contribution >= 0.6 is 39.9 Å². The van der Waals surface area contributed by atoms with E-state index in [-0.39, 0.29) is 29.8 Å². The highest BCUT2D eigenvalue weighted by molar-refractivity contribution is 14.0. The Labute approximate surface area is 184 Å². The Morgan fingerprint density at radius 3 is 2.41 bits per heavy atom. The number of guanidine groups is 1. The summed E-state index contributed by atoms with van der Waals surface area (Å²) in [7, 11) is -1.53. The first kappa shape index (κ1) is 23.8. The van der Waals surface area contributed by atoms with E-state index in [2.05, 4.69) is 31.6 Å². The molecule has 0 bridgehead atoms. The predicted molar refractivity (Wildman–Crippen MR) is 121 cm³/mol. The molecule has 0 atom stereocenters. The molecule has 2 N–H and O–H groups in total. The molecule has 9 heteroatoms. The Kier molecular flexibility index (Phi) is 9.68. The first-order chi connectivity index (χ1) is 12.3. The smallest absolute Gasteiger partial charge is 0.191 e. The standard InChI is InChI=1S/C18H21BrFN3O2S.HI/c1-21-18(23-12-14-11-15(19)5-8-17(14)20)22-10-9-13-3-6-16(7-4-13)26(2,24)25;/h3-8,11H,9-10,12H2,1-2H3,(H2,21,22,23);1H. The van der Waals surface area contributed by atoms with Gasteiger partial charge in [-0.3, -0.25) is 4.99 Å². The van der Waals surface area contributed by atoms with Crippen molar-refractivity contribution in [2.24, 2.45) is 4.99 Å². The third-order valence-corrected chi connectivity index (χ3v) is 5.36. The van der Waals surface area contributed by atoms with Gasteiger partial charge >= 0.3 is 0 Å². The monoisotopic (exact) mass is 569 g/mol. The lowest BCUT2D eigenvalue weighted by Gasteiger charge is -2.12. The number of hydrogen-bond acceptors (Lipinski definition) is 3. The van der Waals surface area contributed by atoms with Gasteiger partial charge < -0.3 is 10.6 Å². The average Bonchev–Trinajstić information content (AvgIpc) is 2.60. The van der Waals surface area contributed by atoms with Gasteiger partial charge in [-0.15, -0.1) is 24.0 Å². The molecule has 148 valence electrons. The van der Waals surface area contributed by atoms with E-state index in [0.717, 1.165) is 10.0 Å². The van der Waals surface area contributed by atoms with Crippen molar-refractivity contribution in [1.29, 1.82) is 0 Å². The number of nitrogens with zero attached hydrogens (tertiary/aromatic N) is 1. The largest absolute Gasteiger partial charge is 0.356 e. The van der Waals surface area contributed by atoms with E-state index in [9.17, 15) is 12.8 Å². The molecule has 2 rings (SSSR count). The Bertz CT molecular complexity index is 890. The summed E-state index contributed by atoms with van der Waals surface area (Å²) in [6, 6.07) is 11.6. The van der Waals surface area contributed by atoms with Crippen LogP contribution in [0.25, 0.3) is 0 Å². The highest BCUT2D eigenvalue weighted by Gasteiger charge is 2.07. The van der Waals surface area contributed by atoms with E-state index in [4.69, 9.17) is 0 Å². The first-order valence-electron chi connectivity index (χ1n) is 7.97. The van der Waals surface area contributed by atoms with Crippen LogP contribution in [0.15, 0.2) is 56.8 Å². The number of nitrogens with one attached hydrogen (secondary N) is 2. The topological polar surface area (TPSA) is 70.6 Å². The molecule has 0 saturated carbocycles. The van der Waals surface area contributed by atoms with Crippen molar-refractivity contribution < 1.29 is 12.8 Å². The summed E-state index contributed by atoms with van der Waals surface area (Å²) in [4.78, 5) is 4.42. The fraction of sp³-hybridized carbons (Fsp3) is 0.278. The van der Waals surface area contributed by atoms with Crippen LogP contribution in [0, 0.1) is 5.82 Å². The molecule has 0 amide bonds. The third kappa shape index (κ3) is 7.74. The molecule has 27 heavy (non-hydrogen) atoms. The van der Waals surface area contributed by atoms with Gasteiger partial charge in [0.15, 0.2) is 15.8 Å². The number of benzene rings is 2. The Morgan fingerprint density at radius 1 is 1.15 bits per heavy atom. The summed E-state index contributed by atoms with van der Waals surface area (Å²) in [5.41, 5.74) is 1.55. The molecule has 0 unspecified atom stereocenters. The second-order valence-electron chi connectivity index (χ2n) is 5.75. The number of halogens is 3. The van der Waals surface area contributed by atoms with E-state index in [0.29, 0.717) is 35.9 Å². The summed E-state index contributed by atoms with van der Waals surface area (Å²) in [6.45, 7) is 0.923. The zero-order valence-corrected chi connectivity index (χ0v) is 19.7. The molecule has 0 heterocycles. The summed E-state index contributed by atoms with van der Waals surface area (Å²) < 4.78 is 37.5. The van der Waals surface area contributed by atoms with Crippen LogP contribution in [-0.4, -0.2) is 34.2 Å². The Balaban J connectivity index is 0.00000364. The van der Waals surface area contributed by atoms with Gasteiger partial charge in [0, 0.05) is 36.4 Å². The quantitative estimate of drug-likeness (QED) is 0.317. The lowest BCUT2D eigenvalue weighted by Crippen LogP contribution is -2.38. The van der Waals surface area contributed by atoms with Crippen molar-refractivity contribution in [3.8, 4) is 0 Å². The molecule has 0 saturated heterocycles. The maximum absolute atomic E-state index is 13.7. The minimum absolute atomic E-state index is 0. The fourth-order valence-electron chi connectivity index (χ4n) is 2.31. The summed E-state index contributed by atoms with van der Waals surface area (Å²) in [5, 5.41) is 6.22. The summed E-state index contributed by atoms with van der Waals surface area (Å²) >= 11 is 3.33. The molecule has 5 nitrogen and oxygen atoms in total. The Morgan fingerprint density at radius 2 is 1.81 bits per heavy atom.